The lowest BCUT2D eigenvalue weighted by molar-refractivity contribution is -0.342. The summed E-state index contributed by atoms with van der Waals surface area (Å²) in [5, 5.41) is 0. The standard InChI is InChI=1S/C6H13O6P/c1-5(2)6(7)11-3-4-12-13(8,9)10/h5H,3-4H2,1-2H3,(H2,8,9,10)/p-2. The minimum atomic E-state index is -4.94. The first-order chi connectivity index (χ1) is 5.83. The van der Waals surface area contributed by atoms with Crippen LogP contribution in [-0.2, 0) is 18.6 Å². The number of carbonyl (C=O) groups excluding carboxylic acids is 1. The number of hydrogen-bond donors (Lipinski definition) is 0. The molecule has 0 unspecified atom stereocenters. The van der Waals surface area contributed by atoms with Crippen LogP contribution in [-0.4, -0.2) is 19.2 Å². The molecule has 13 heavy (non-hydrogen) atoms. The van der Waals surface area contributed by atoms with Crippen molar-refractivity contribution in [2.45, 2.75) is 13.8 Å². The van der Waals surface area contributed by atoms with E-state index in [2.05, 4.69) is 9.26 Å². The molecule has 0 saturated heterocycles. The summed E-state index contributed by atoms with van der Waals surface area (Å²) in [6, 6.07) is 0. The van der Waals surface area contributed by atoms with Crippen LogP contribution in [0.3, 0.4) is 0 Å². The first-order valence-corrected chi connectivity index (χ1v) is 5.12. The van der Waals surface area contributed by atoms with E-state index >= 15 is 0 Å². The van der Waals surface area contributed by atoms with E-state index in [1.807, 2.05) is 0 Å². The summed E-state index contributed by atoms with van der Waals surface area (Å²) < 4.78 is 18.3. The van der Waals surface area contributed by atoms with E-state index in [0.717, 1.165) is 0 Å². The Bertz CT molecular complexity index is 207. The van der Waals surface area contributed by atoms with Crippen molar-refractivity contribution >= 4 is 13.8 Å². The van der Waals surface area contributed by atoms with Crippen molar-refractivity contribution in [1.82, 2.24) is 0 Å². The molecule has 0 heterocycles. The van der Waals surface area contributed by atoms with Gasteiger partial charge in [0.1, 0.15) is 6.61 Å². The van der Waals surface area contributed by atoms with Crippen molar-refractivity contribution in [2.75, 3.05) is 13.2 Å². The average molecular weight is 210 g/mol. The number of phosphoric ester groups is 1. The van der Waals surface area contributed by atoms with Crippen LogP contribution < -0.4 is 9.79 Å². The average Bonchev–Trinajstić information content (AvgIpc) is 1.95. The fourth-order valence-electron chi connectivity index (χ4n) is 0.458. The molecule has 0 radical (unpaired) electrons. The van der Waals surface area contributed by atoms with E-state index in [1.165, 1.54) is 0 Å². The van der Waals surface area contributed by atoms with Crippen LogP contribution in [0.5, 0.6) is 0 Å². The molecule has 0 aromatic heterocycles. The number of esters is 1. The number of rotatable bonds is 5. The summed E-state index contributed by atoms with van der Waals surface area (Å²) in [7, 11) is -4.94. The molecule has 0 aromatic rings. The van der Waals surface area contributed by atoms with Gasteiger partial charge in [-0.05, 0) is 0 Å². The number of carbonyl (C=O) groups is 1. The molecule has 0 aliphatic rings. The highest BCUT2D eigenvalue weighted by molar-refractivity contribution is 7.43. The molecular weight excluding hydrogens is 199 g/mol. The Labute approximate surface area is 76.1 Å². The fraction of sp³-hybridized carbons (Fsp3) is 0.833. The third-order valence-corrected chi connectivity index (χ3v) is 1.55. The molecule has 0 spiro atoms. The van der Waals surface area contributed by atoms with Gasteiger partial charge >= 0.3 is 5.97 Å². The van der Waals surface area contributed by atoms with Gasteiger partial charge in [0.25, 0.3) is 0 Å². The van der Waals surface area contributed by atoms with Gasteiger partial charge in [-0.1, -0.05) is 13.8 Å². The molecule has 0 atom stereocenters. The molecule has 0 saturated carbocycles. The largest absolute Gasteiger partial charge is 0.790 e. The van der Waals surface area contributed by atoms with Crippen molar-refractivity contribution in [3.05, 3.63) is 0 Å². The van der Waals surface area contributed by atoms with Gasteiger partial charge in [-0.15, -0.1) is 0 Å². The summed E-state index contributed by atoms with van der Waals surface area (Å²) >= 11 is 0. The summed E-state index contributed by atoms with van der Waals surface area (Å²) in [6.45, 7) is 2.61. The maximum atomic E-state index is 10.8. The van der Waals surface area contributed by atoms with Crippen LogP contribution >= 0.6 is 7.82 Å². The van der Waals surface area contributed by atoms with E-state index in [4.69, 9.17) is 0 Å². The number of hydrogen-bond acceptors (Lipinski definition) is 6. The highest BCUT2D eigenvalue weighted by Gasteiger charge is 2.07. The van der Waals surface area contributed by atoms with Gasteiger partial charge < -0.3 is 23.6 Å². The third-order valence-electron chi connectivity index (χ3n) is 1.05. The van der Waals surface area contributed by atoms with Gasteiger partial charge in [0, 0.05) is 0 Å². The van der Waals surface area contributed by atoms with Gasteiger partial charge in [0.15, 0.2) is 0 Å². The molecule has 0 rings (SSSR count). The molecule has 78 valence electrons. The molecule has 0 amide bonds. The van der Waals surface area contributed by atoms with Gasteiger partial charge in [0.05, 0.1) is 20.3 Å². The minimum Gasteiger partial charge on any atom is -0.790 e. The van der Waals surface area contributed by atoms with Crippen molar-refractivity contribution in [3.8, 4) is 0 Å². The van der Waals surface area contributed by atoms with Crippen molar-refractivity contribution in [3.63, 3.8) is 0 Å². The Hall–Kier alpha value is -0.420. The highest BCUT2D eigenvalue weighted by atomic mass is 31.2. The third kappa shape index (κ3) is 7.93. The lowest BCUT2D eigenvalue weighted by Gasteiger charge is -2.28. The molecule has 0 fully saturated rings. The Morgan fingerprint density at radius 3 is 2.31 bits per heavy atom. The van der Waals surface area contributed by atoms with E-state index < -0.39 is 20.4 Å². The van der Waals surface area contributed by atoms with Crippen LogP contribution in [0.15, 0.2) is 0 Å². The monoisotopic (exact) mass is 210 g/mol. The second-order valence-electron chi connectivity index (χ2n) is 2.60. The van der Waals surface area contributed by atoms with Crippen LogP contribution in [0, 0.1) is 5.92 Å². The summed E-state index contributed by atoms with van der Waals surface area (Å²) in [5.74, 6) is -0.749. The zero-order valence-electron chi connectivity index (χ0n) is 7.39. The highest BCUT2D eigenvalue weighted by Crippen LogP contribution is 2.23. The second kappa shape index (κ2) is 5.34. The predicted molar refractivity (Wildman–Crippen MR) is 39.4 cm³/mol. The zero-order chi connectivity index (χ0) is 10.5. The Morgan fingerprint density at radius 1 is 1.38 bits per heavy atom. The van der Waals surface area contributed by atoms with E-state index in [0.29, 0.717) is 0 Å². The predicted octanol–water partition coefficient (Wildman–Crippen LogP) is -0.969. The molecule has 0 aromatic carbocycles. The first kappa shape index (κ1) is 12.6. The second-order valence-corrected chi connectivity index (χ2v) is 3.76. The van der Waals surface area contributed by atoms with Crippen LogP contribution in [0.1, 0.15) is 13.8 Å². The van der Waals surface area contributed by atoms with Crippen molar-refractivity contribution < 1.29 is 28.4 Å². The van der Waals surface area contributed by atoms with Crippen LogP contribution in [0.25, 0.3) is 0 Å². The normalized spacial score (nSPS) is 11.8. The van der Waals surface area contributed by atoms with Crippen molar-refractivity contribution in [1.29, 1.82) is 0 Å². The fourth-order valence-corrected chi connectivity index (χ4v) is 0.756. The number of phosphoric acid groups is 1. The van der Waals surface area contributed by atoms with E-state index in [9.17, 15) is 19.1 Å². The summed E-state index contributed by atoms with van der Waals surface area (Å²) in [4.78, 5) is 30.6. The van der Waals surface area contributed by atoms with Crippen LogP contribution in [0.2, 0.25) is 0 Å². The molecule has 0 aliphatic heterocycles. The van der Waals surface area contributed by atoms with Gasteiger partial charge in [-0.2, -0.15) is 0 Å². The summed E-state index contributed by atoms with van der Waals surface area (Å²) in [6.07, 6.45) is 0. The van der Waals surface area contributed by atoms with Crippen LogP contribution in [0.4, 0.5) is 0 Å². The molecule has 6 nitrogen and oxygen atoms in total. The molecule has 0 bridgehead atoms. The molecular formula is C6H11O6P-2. The Morgan fingerprint density at radius 2 is 1.92 bits per heavy atom. The maximum absolute atomic E-state index is 10.8. The molecule has 0 N–H and O–H groups in total. The topological polar surface area (TPSA) is 98.7 Å². The lowest BCUT2D eigenvalue weighted by Crippen LogP contribution is -2.20. The summed E-state index contributed by atoms with van der Waals surface area (Å²) in [5.41, 5.74) is 0. The van der Waals surface area contributed by atoms with E-state index in [1.54, 1.807) is 13.8 Å². The van der Waals surface area contributed by atoms with E-state index in [-0.39, 0.29) is 12.5 Å². The maximum Gasteiger partial charge on any atom is 0.308 e. The van der Waals surface area contributed by atoms with Gasteiger partial charge in [-0.3, -0.25) is 4.79 Å². The smallest absolute Gasteiger partial charge is 0.308 e. The minimum absolute atomic E-state index is 0.231. The zero-order valence-corrected chi connectivity index (χ0v) is 8.28. The molecule has 0 aliphatic carbocycles. The van der Waals surface area contributed by atoms with Gasteiger partial charge in [0.2, 0.25) is 0 Å². The Kier molecular flexibility index (Phi) is 5.17. The Balaban J connectivity index is 3.47. The number of ether oxygens (including phenoxy) is 1. The lowest BCUT2D eigenvalue weighted by atomic mass is 10.2. The SMILES string of the molecule is CC(C)C(=O)OCCOP(=O)([O-])[O-]. The van der Waals surface area contributed by atoms with Gasteiger partial charge in [-0.25, -0.2) is 0 Å². The first-order valence-electron chi connectivity index (χ1n) is 3.66. The quantitative estimate of drug-likeness (QED) is 0.329. The molecule has 7 heteroatoms. The van der Waals surface area contributed by atoms with Crippen molar-refractivity contribution in [2.24, 2.45) is 5.92 Å².